The highest BCUT2D eigenvalue weighted by atomic mass is 32.2. The molecule has 0 aliphatic heterocycles. The van der Waals surface area contributed by atoms with Gasteiger partial charge in [0.15, 0.2) is 0 Å². The number of ether oxygens (including phenoxy) is 1. The maximum Gasteiger partial charge on any atom is 0.308 e. The molecule has 1 N–H and O–H groups in total. The first-order valence-electron chi connectivity index (χ1n) is 10.5. The Hall–Kier alpha value is -3.63. The number of nitrogens with zero attached hydrogens (tertiary/aromatic N) is 2. The van der Waals surface area contributed by atoms with Crippen LogP contribution in [0.5, 0.6) is 5.75 Å². The summed E-state index contributed by atoms with van der Waals surface area (Å²) in [6.45, 7) is 2.02. The number of aryl methyl sites for hydroxylation is 1. The van der Waals surface area contributed by atoms with Crippen molar-refractivity contribution in [3.63, 3.8) is 0 Å². The van der Waals surface area contributed by atoms with Crippen LogP contribution in [0.15, 0.2) is 82.5 Å². The van der Waals surface area contributed by atoms with Crippen molar-refractivity contribution in [2.75, 3.05) is 23.3 Å². The number of benzene rings is 3. The lowest BCUT2D eigenvalue weighted by Crippen LogP contribution is -2.38. The van der Waals surface area contributed by atoms with E-state index in [-0.39, 0.29) is 9.77 Å². The van der Waals surface area contributed by atoms with E-state index >= 15 is 0 Å². The summed E-state index contributed by atoms with van der Waals surface area (Å²) in [5, 5.41) is 2.75. The number of hydrogen-bond donors (Lipinski definition) is 1. The van der Waals surface area contributed by atoms with E-state index in [1.165, 1.54) is 19.2 Å². The second-order valence-corrected chi connectivity index (χ2v) is 10.2. The number of nitrogens with one attached hydrogen (secondary N) is 1. The molecule has 176 valence electrons. The number of anilines is 2. The number of amides is 1. The molecule has 3 aromatic carbocycles. The predicted octanol–water partition coefficient (Wildman–Crippen LogP) is 3.93. The van der Waals surface area contributed by atoms with Crippen LogP contribution in [0, 0.1) is 0 Å². The Bertz CT molecular complexity index is 1480. The number of fused-ring (bicyclic) bond motifs is 1. The van der Waals surface area contributed by atoms with Crippen LogP contribution in [0.25, 0.3) is 10.2 Å². The Morgan fingerprint density at radius 3 is 2.41 bits per heavy atom. The minimum atomic E-state index is -4.03. The van der Waals surface area contributed by atoms with Crippen LogP contribution in [-0.4, -0.2) is 32.5 Å². The fourth-order valence-electron chi connectivity index (χ4n) is 3.56. The van der Waals surface area contributed by atoms with Gasteiger partial charge in [0.05, 0.1) is 27.9 Å². The normalized spacial score (nSPS) is 11.4. The Balaban J connectivity index is 1.62. The van der Waals surface area contributed by atoms with Crippen LogP contribution >= 0.6 is 11.3 Å². The van der Waals surface area contributed by atoms with Gasteiger partial charge in [0.1, 0.15) is 12.3 Å². The molecule has 0 radical (unpaired) electrons. The number of hydrogen-bond acceptors (Lipinski definition) is 6. The summed E-state index contributed by atoms with van der Waals surface area (Å²) in [7, 11) is -2.54. The summed E-state index contributed by atoms with van der Waals surface area (Å²) >= 11 is 1.10. The topological polar surface area (TPSA) is 97.7 Å². The first-order chi connectivity index (χ1) is 16.3. The number of rotatable bonds is 8. The molecule has 0 spiro atoms. The maximum absolute atomic E-state index is 13.4. The molecule has 0 atom stereocenters. The molecule has 0 saturated heterocycles. The lowest BCUT2D eigenvalue weighted by molar-refractivity contribution is -0.114. The fraction of sp³-hybridized carbons (Fsp3) is 0.167. The van der Waals surface area contributed by atoms with Crippen molar-refractivity contribution in [2.45, 2.75) is 18.4 Å². The monoisotopic (exact) mass is 497 g/mol. The zero-order chi connectivity index (χ0) is 24.3. The SMILES string of the molecule is CCn1c(=O)sc2cc(NC(=O)CN(c3ccccc3)S(=O)(=O)c3ccc(OC)cc3)ccc21. The zero-order valence-corrected chi connectivity index (χ0v) is 20.2. The van der Waals surface area contributed by atoms with E-state index in [0.29, 0.717) is 23.7 Å². The standard InChI is InChI=1S/C24H23N3O5S2/c1-3-26-21-14-9-17(15-22(21)33-24(26)29)25-23(28)16-27(18-7-5-4-6-8-18)34(30,31)20-12-10-19(32-2)11-13-20/h4-15H,3,16H2,1-2H3,(H,25,28). The molecule has 0 unspecified atom stereocenters. The number of carbonyl (C=O) groups excluding carboxylic acids is 1. The summed E-state index contributed by atoms with van der Waals surface area (Å²) < 4.78 is 35.5. The van der Waals surface area contributed by atoms with Crippen LogP contribution < -0.4 is 19.2 Å². The van der Waals surface area contributed by atoms with Crippen LogP contribution in [0.4, 0.5) is 11.4 Å². The van der Waals surface area contributed by atoms with Gasteiger partial charge in [-0.1, -0.05) is 29.5 Å². The van der Waals surface area contributed by atoms with E-state index in [2.05, 4.69) is 5.32 Å². The highest BCUT2D eigenvalue weighted by Gasteiger charge is 2.27. The van der Waals surface area contributed by atoms with Crippen molar-refractivity contribution < 1.29 is 17.9 Å². The molecule has 1 amide bonds. The van der Waals surface area contributed by atoms with Crippen LogP contribution in [-0.2, 0) is 21.4 Å². The van der Waals surface area contributed by atoms with E-state index in [9.17, 15) is 18.0 Å². The summed E-state index contributed by atoms with van der Waals surface area (Å²) in [5.74, 6) is 0.0140. The van der Waals surface area contributed by atoms with Crippen molar-refractivity contribution in [3.05, 3.63) is 82.5 Å². The molecule has 0 bridgehead atoms. The quantitative estimate of drug-likeness (QED) is 0.398. The van der Waals surface area contributed by atoms with Crippen molar-refractivity contribution >= 4 is 48.9 Å². The predicted molar refractivity (Wildman–Crippen MR) is 134 cm³/mol. The third kappa shape index (κ3) is 4.68. The molecule has 10 heteroatoms. The van der Waals surface area contributed by atoms with Crippen molar-refractivity contribution in [2.24, 2.45) is 0 Å². The van der Waals surface area contributed by atoms with E-state index in [0.717, 1.165) is 25.9 Å². The average Bonchev–Trinajstić information content (AvgIpc) is 3.17. The van der Waals surface area contributed by atoms with E-state index in [1.807, 2.05) is 6.92 Å². The molecule has 34 heavy (non-hydrogen) atoms. The molecular formula is C24H23N3O5S2. The summed E-state index contributed by atoms with van der Waals surface area (Å²) in [6.07, 6.45) is 0. The average molecular weight is 498 g/mol. The van der Waals surface area contributed by atoms with E-state index in [4.69, 9.17) is 4.74 Å². The molecule has 0 aliphatic carbocycles. The second kappa shape index (κ2) is 9.70. The van der Waals surface area contributed by atoms with Crippen molar-refractivity contribution in [1.29, 1.82) is 0 Å². The Kier molecular flexibility index (Phi) is 6.71. The molecule has 0 fully saturated rings. The molecule has 4 aromatic rings. The van der Waals surface area contributed by atoms with Gasteiger partial charge in [-0.05, 0) is 61.5 Å². The molecular weight excluding hydrogens is 474 g/mol. The number of aromatic nitrogens is 1. The lowest BCUT2D eigenvalue weighted by atomic mass is 10.3. The van der Waals surface area contributed by atoms with Gasteiger partial charge in [-0.25, -0.2) is 8.42 Å². The second-order valence-electron chi connectivity index (χ2n) is 7.37. The number of sulfonamides is 1. The summed E-state index contributed by atoms with van der Waals surface area (Å²) in [5.41, 5.74) is 1.64. The minimum Gasteiger partial charge on any atom is -0.497 e. The Labute approximate surface area is 201 Å². The third-order valence-electron chi connectivity index (χ3n) is 5.25. The first kappa shape index (κ1) is 23.5. The van der Waals surface area contributed by atoms with Crippen LogP contribution in [0.3, 0.4) is 0 Å². The first-order valence-corrected chi connectivity index (χ1v) is 12.7. The van der Waals surface area contributed by atoms with E-state index < -0.39 is 22.5 Å². The van der Waals surface area contributed by atoms with Crippen LogP contribution in [0.1, 0.15) is 6.92 Å². The Morgan fingerprint density at radius 1 is 1.06 bits per heavy atom. The summed E-state index contributed by atoms with van der Waals surface area (Å²) in [6, 6.07) is 19.6. The van der Waals surface area contributed by atoms with Gasteiger partial charge < -0.3 is 10.1 Å². The van der Waals surface area contributed by atoms with Crippen molar-refractivity contribution in [1.82, 2.24) is 4.57 Å². The Morgan fingerprint density at radius 2 is 1.76 bits per heavy atom. The number of carbonyl (C=O) groups is 1. The van der Waals surface area contributed by atoms with Gasteiger partial charge in [0.2, 0.25) is 5.91 Å². The fourth-order valence-corrected chi connectivity index (χ4v) is 5.97. The van der Waals surface area contributed by atoms with E-state index in [1.54, 1.807) is 65.2 Å². The van der Waals surface area contributed by atoms with Gasteiger partial charge in [0, 0.05) is 12.2 Å². The maximum atomic E-state index is 13.4. The van der Waals surface area contributed by atoms with Gasteiger partial charge in [-0.15, -0.1) is 0 Å². The zero-order valence-electron chi connectivity index (χ0n) is 18.6. The number of thiazole rings is 1. The minimum absolute atomic E-state index is 0.0389. The highest BCUT2D eigenvalue weighted by molar-refractivity contribution is 7.92. The molecule has 1 aromatic heterocycles. The molecule has 0 aliphatic rings. The molecule has 0 saturated carbocycles. The smallest absolute Gasteiger partial charge is 0.308 e. The van der Waals surface area contributed by atoms with Crippen molar-refractivity contribution in [3.8, 4) is 5.75 Å². The number of methoxy groups -OCH3 is 1. The highest BCUT2D eigenvalue weighted by Crippen LogP contribution is 2.26. The molecule has 4 rings (SSSR count). The van der Waals surface area contributed by atoms with Gasteiger partial charge in [-0.2, -0.15) is 0 Å². The summed E-state index contributed by atoms with van der Waals surface area (Å²) in [4.78, 5) is 25.0. The largest absolute Gasteiger partial charge is 0.497 e. The molecule has 8 nitrogen and oxygen atoms in total. The van der Waals surface area contributed by atoms with Gasteiger partial charge in [-0.3, -0.25) is 18.5 Å². The van der Waals surface area contributed by atoms with Crippen LogP contribution in [0.2, 0.25) is 0 Å². The molecule has 1 heterocycles. The van der Waals surface area contributed by atoms with Gasteiger partial charge >= 0.3 is 4.87 Å². The third-order valence-corrected chi connectivity index (χ3v) is 7.98. The lowest BCUT2D eigenvalue weighted by Gasteiger charge is -2.24. The number of para-hydroxylation sites is 1. The van der Waals surface area contributed by atoms with Gasteiger partial charge in [0.25, 0.3) is 10.0 Å².